The number of fused-ring (bicyclic) bond motifs is 1. The third-order valence-electron chi connectivity index (χ3n) is 5.24. The summed E-state index contributed by atoms with van der Waals surface area (Å²) in [5.74, 6) is 0.543. The number of carboxylic acid groups (broad SMARTS) is 1. The molecule has 1 saturated heterocycles. The van der Waals surface area contributed by atoms with Crippen molar-refractivity contribution in [2.75, 3.05) is 19.6 Å². The van der Waals surface area contributed by atoms with E-state index in [1.165, 1.54) is 25.5 Å². The number of piperidine rings is 1. The van der Waals surface area contributed by atoms with E-state index in [4.69, 9.17) is 0 Å². The number of likely N-dealkylation sites (tertiary alicyclic amines) is 1. The summed E-state index contributed by atoms with van der Waals surface area (Å²) in [6.45, 7) is 5.62. The van der Waals surface area contributed by atoms with Crippen LogP contribution in [0.3, 0.4) is 0 Å². The number of aromatic nitrogens is 1. The first-order chi connectivity index (χ1) is 12.1. The molecule has 5 heteroatoms. The molecule has 1 aliphatic rings. The molecule has 1 aromatic heterocycles. The van der Waals surface area contributed by atoms with Gasteiger partial charge in [-0.05, 0) is 68.3 Å². The molecule has 25 heavy (non-hydrogen) atoms. The number of carbonyl (C=O) groups is 1. The quantitative estimate of drug-likeness (QED) is 0.902. The fraction of sp³-hybridized carbons (Fsp3) is 0.500. The van der Waals surface area contributed by atoms with Gasteiger partial charge in [0, 0.05) is 6.07 Å². The Balaban J connectivity index is 1.82. The smallest absolute Gasteiger partial charge is 0.419 e. The summed E-state index contributed by atoms with van der Waals surface area (Å²) in [5.41, 5.74) is 1.03. The highest BCUT2D eigenvalue weighted by molar-refractivity contribution is 5.89. The number of benzene rings is 1. The second kappa shape index (κ2) is 7.83. The number of hydrogen-bond donors (Lipinski definition) is 1. The van der Waals surface area contributed by atoms with Gasteiger partial charge in [-0.1, -0.05) is 31.5 Å². The molecule has 1 aliphatic heterocycles. The molecule has 0 aliphatic carbocycles. The Bertz CT molecular complexity index is 804. The predicted octanol–water partition coefficient (Wildman–Crippen LogP) is 3.58. The van der Waals surface area contributed by atoms with Gasteiger partial charge in [-0.25, -0.2) is 9.36 Å². The Morgan fingerprint density at radius 1 is 1.20 bits per heavy atom. The van der Waals surface area contributed by atoms with Gasteiger partial charge in [-0.15, -0.1) is 0 Å². The minimum absolute atomic E-state index is 0.484. The molecule has 5 nitrogen and oxygen atoms in total. The molecule has 0 radical (unpaired) electrons. The van der Waals surface area contributed by atoms with Crippen LogP contribution in [-0.2, 0) is 6.42 Å². The Hall–Kier alpha value is -2.14. The molecule has 0 bridgehead atoms. The van der Waals surface area contributed by atoms with Crippen molar-refractivity contribution in [1.82, 2.24) is 9.47 Å². The van der Waals surface area contributed by atoms with Gasteiger partial charge in [0.25, 0.3) is 5.56 Å². The van der Waals surface area contributed by atoms with Crippen molar-refractivity contribution < 1.29 is 9.90 Å². The van der Waals surface area contributed by atoms with E-state index in [0.29, 0.717) is 11.4 Å². The van der Waals surface area contributed by atoms with E-state index in [1.807, 2.05) is 18.2 Å². The molecule has 1 fully saturated rings. The Morgan fingerprint density at radius 3 is 2.64 bits per heavy atom. The van der Waals surface area contributed by atoms with Gasteiger partial charge >= 0.3 is 6.09 Å². The van der Waals surface area contributed by atoms with E-state index in [-0.39, 0.29) is 0 Å². The number of para-hydroxylation sites is 1. The molecule has 3 rings (SSSR count). The molecule has 1 aromatic carbocycles. The summed E-state index contributed by atoms with van der Waals surface area (Å²) < 4.78 is 0.890. The first-order valence-corrected chi connectivity index (χ1v) is 9.19. The van der Waals surface area contributed by atoms with Gasteiger partial charge in [-0.2, -0.15) is 0 Å². The Labute approximate surface area is 147 Å². The van der Waals surface area contributed by atoms with Crippen LogP contribution in [-0.4, -0.2) is 40.3 Å². The summed E-state index contributed by atoms with van der Waals surface area (Å²) in [4.78, 5) is 26.1. The standard InChI is InChI=1S/C20H26N2O3/c1-2-3-11-21-12-9-15(10-13-21)14-17-6-4-5-16-7-8-18(23)22(19(16)17)20(24)25/h4-8,15H,2-3,9-14H2,1H3,(H,24,25). The SMILES string of the molecule is CCCCN1CCC(Cc2cccc3ccc(=O)n(C(=O)O)c23)CC1. The second-order valence-corrected chi connectivity index (χ2v) is 6.99. The van der Waals surface area contributed by atoms with Crippen LogP contribution >= 0.6 is 0 Å². The number of nitrogens with zero attached hydrogens (tertiary/aromatic N) is 2. The topological polar surface area (TPSA) is 62.5 Å². The zero-order valence-corrected chi connectivity index (χ0v) is 14.8. The van der Waals surface area contributed by atoms with Crippen molar-refractivity contribution >= 4 is 17.0 Å². The van der Waals surface area contributed by atoms with Crippen molar-refractivity contribution in [2.45, 2.75) is 39.0 Å². The van der Waals surface area contributed by atoms with Crippen molar-refractivity contribution in [3.8, 4) is 0 Å². The van der Waals surface area contributed by atoms with E-state index in [0.717, 1.165) is 47.9 Å². The summed E-state index contributed by atoms with van der Waals surface area (Å²) in [6.07, 6.45) is 4.35. The maximum absolute atomic E-state index is 12.0. The van der Waals surface area contributed by atoms with Crippen LogP contribution in [0.5, 0.6) is 0 Å². The Morgan fingerprint density at radius 2 is 1.96 bits per heavy atom. The zero-order chi connectivity index (χ0) is 17.8. The van der Waals surface area contributed by atoms with E-state index >= 15 is 0 Å². The first kappa shape index (κ1) is 17.7. The lowest BCUT2D eigenvalue weighted by atomic mass is 9.89. The molecule has 0 spiro atoms. The second-order valence-electron chi connectivity index (χ2n) is 6.99. The third kappa shape index (κ3) is 3.93. The molecule has 0 saturated carbocycles. The fourth-order valence-corrected chi connectivity index (χ4v) is 3.83. The number of unbranched alkanes of at least 4 members (excludes halogenated alkanes) is 1. The van der Waals surface area contributed by atoms with Gasteiger partial charge < -0.3 is 10.0 Å². The molecular formula is C20H26N2O3. The molecular weight excluding hydrogens is 316 g/mol. The van der Waals surface area contributed by atoms with Crippen LogP contribution in [0.2, 0.25) is 0 Å². The lowest BCUT2D eigenvalue weighted by Gasteiger charge is -2.32. The van der Waals surface area contributed by atoms with Crippen LogP contribution in [0.15, 0.2) is 35.1 Å². The molecule has 2 aromatic rings. The minimum atomic E-state index is -1.21. The fourth-order valence-electron chi connectivity index (χ4n) is 3.83. The highest BCUT2D eigenvalue weighted by Crippen LogP contribution is 2.26. The number of pyridine rings is 1. The van der Waals surface area contributed by atoms with Crippen LogP contribution in [0.1, 0.15) is 38.2 Å². The molecule has 1 N–H and O–H groups in total. The molecule has 0 amide bonds. The molecule has 0 atom stereocenters. The average Bonchev–Trinajstić information content (AvgIpc) is 2.61. The van der Waals surface area contributed by atoms with E-state index in [1.54, 1.807) is 6.07 Å². The Kier molecular flexibility index (Phi) is 5.53. The molecule has 2 heterocycles. The zero-order valence-electron chi connectivity index (χ0n) is 14.8. The summed E-state index contributed by atoms with van der Waals surface area (Å²) >= 11 is 0. The van der Waals surface area contributed by atoms with E-state index in [9.17, 15) is 14.7 Å². The van der Waals surface area contributed by atoms with E-state index in [2.05, 4.69) is 11.8 Å². The van der Waals surface area contributed by atoms with Gasteiger partial charge in [0.2, 0.25) is 0 Å². The maximum Gasteiger partial charge on any atom is 0.419 e. The van der Waals surface area contributed by atoms with Crippen molar-refractivity contribution in [2.24, 2.45) is 5.92 Å². The molecule has 134 valence electrons. The van der Waals surface area contributed by atoms with Gasteiger partial charge in [-0.3, -0.25) is 4.79 Å². The van der Waals surface area contributed by atoms with E-state index < -0.39 is 11.7 Å². The minimum Gasteiger partial charge on any atom is -0.464 e. The number of rotatable bonds is 5. The monoisotopic (exact) mass is 342 g/mol. The summed E-state index contributed by atoms with van der Waals surface area (Å²) in [5, 5.41) is 10.3. The van der Waals surface area contributed by atoms with Crippen molar-refractivity contribution in [1.29, 1.82) is 0 Å². The van der Waals surface area contributed by atoms with Crippen LogP contribution < -0.4 is 5.56 Å². The normalized spacial score (nSPS) is 16.4. The van der Waals surface area contributed by atoms with Crippen LogP contribution in [0, 0.1) is 5.92 Å². The third-order valence-corrected chi connectivity index (χ3v) is 5.24. The number of hydrogen-bond acceptors (Lipinski definition) is 3. The van der Waals surface area contributed by atoms with Crippen LogP contribution in [0.4, 0.5) is 4.79 Å². The van der Waals surface area contributed by atoms with Gasteiger partial charge in [0.15, 0.2) is 0 Å². The summed E-state index contributed by atoms with van der Waals surface area (Å²) in [7, 11) is 0. The average molecular weight is 342 g/mol. The lowest BCUT2D eigenvalue weighted by Crippen LogP contribution is -2.35. The van der Waals surface area contributed by atoms with Gasteiger partial charge in [0.1, 0.15) is 0 Å². The lowest BCUT2D eigenvalue weighted by molar-refractivity contribution is 0.182. The highest BCUT2D eigenvalue weighted by atomic mass is 16.4. The van der Waals surface area contributed by atoms with Crippen molar-refractivity contribution in [3.63, 3.8) is 0 Å². The first-order valence-electron chi connectivity index (χ1n) is 9.19. The van der Waals surface area contributed by atoms with Gasteiger partial charge in [0.05, 0.1) is 5.52 Å². The van der Waals surface area contributed by atoms with Crippen molar-refractivity contribution in [3.05, 3.63) is 46.2 Å². The highest BCUT2D eigenvalue weighted by Gasteiger charge is 2.21. The van der Waals surface area contributed by atoms with Crippen LogP contribution in [0.25, 0.3) is 10.9 Å². The largest absolute Gasteiger partial charge is 0.464 e. The molecule has 0 unspecified atom stereocenters. The summed E-state index contributed by atoms with van der Waals surface area (Å²) in [6, 6.07) is 8.82. The maximum atomic E-state index is 12.0. The predicted molar refractivity (Wildman–Crippen MR) is 99.4 cm³/mol.